The summed E-state index contributed by atoms with van der Waals surface area (Å²) in [6, 6.07) is 2.11. The van der Waals surface area contributed by atoms with Crippen LogP contribution >= 0.6 is 23.2 Å². The maximum absolute atomic E-state index is 9.35. The molecule has 1 saturated carbocycles. The highest BCUT2D eigenvalue weighted by Gasteiger charge is 2.24. The SMILES string of the molecule is CNc1nc(N(CCO)C2CCCCC2)c(Cl)cc1Cl. The van der Waals surface area contributed by atoms with Crippen LogP contribution in [0.4, 0.5) is 11.6 Å². The Labute approximate surface area is 130 Å². The fourth-order valence-corrected chi connectivity index (χ4v) is 3.36. The van der Waals surface area contributed by atoms with Crippen molar-refractivity contribution in [1.29, 1.82) is 0 Å². The Kier molecular flexibility index (Phi) is 5.75. The summed E-state index contributed by atoms with van der Waals surface area (Å²) < 4.78 is 0. The van der Waals surface area contributed by atoms with E-state index < -0.39 is 0 Å². The normalized spacial score (nSPS) is 16.2. The van der Waals surface area contributed by atoms with Gasteiger partial charge in [-0.25, -0.2) is 4.98 Å². The Morgan fingerprint density at radius 2 is 2.00 bits per heavy atom. The van der Waals surface area contributed by atoms with Crippen molar-refractivity contribution >= 4 is 34.8 Å². The van der Waals surface area contributed by atoms with Crippen molar-refractivity contribution < 1.29 is 5.11 Å². The molecule has 0 aliphatic heterocycles. The average Bonchev–Trinajstić information content (AvgIpc) is 2.46. The van der Waals surface area contributed by atoms with E-state index in [0.29, 0.717) is 34.3 Å². The molecule has 20 heavy (non-hydrogen) atoms. The summed E-state index contributed by atoms with van der Waals surface area (Å²) in [4.78, 5) is 6.65. The van der Waals surface area contributed by atoms with Crippen molar-refractivity contribution in [2.75, 3.05) is 30.4 Å². The van der Waals surface area contributed by atoms with Gasteiger partial charge in [-0.05, 0) is 18.9 Å². The highest BCUT2D eigenvalue weighted by atomic mass is 35.5. The minimum Gasteiger partial charge on any atom is -0.395 e. The maximum Gasteiger partial charge on any atom is 0.150 e. The first kappa shape index (κ1) is 15.7. The van der Waals surface area contributed by atoms with E-state index in [1.165, 1.54) is 19.3 Å². The van der Waals surface area contributed by atoms with E-state index in [2.05, 4.69) is 15.2 Å². The van der Waals surface area contributed by atoms with Gasteiger partial charge in [-0.2, -0.15) is 0 Å². The first-order valence-electron chi connectivity index (χ1n) is 7.08. The van der Waals surface area contributed by atoms with E-state index in [0.717, 1.165) is 12.8 Å². The van der Waals surface area contributed by atoms with Crippen LogP contribution < -0.4 is 10.2 Å². The lowest BCUT2D eigenvalue weighted by Crippen LogP contribution is -2.39. The Morgan fingerprint density at radius 3 is 2.60 bits per heavy atom. The number of aliphatic hydroxyl groups is 1. The molecule has 2 rings (SSSR count). The number of halogens is 2. The minimum atomic E-state index is 0.0893. The Morgan fingerprint density at radius 1 is 1.30 bits per heavy atom. The van der Waals surface area contributed by atoms with E-state index in [4.69, 9.17) is 23.2 Å². The molecule has 1 fully saturated rings. The predicted molar refractivity (Wildman–Crippen MR) is 85.1 cm³/mol. The van der Waals surface area contributed by atoms with Gasteiger partial charge in [-0.3, -0.25) is 0 Å². The molecule has 0 unspecified atom stereocenters. The molecule has 1 aliphatic rings. The number of pyridine rings is 1. The van der Waals surface area contributed by atoms with Gasteiger partial charge in [0.2, 0.25) is 0 Å². The van der Waals surface area contributed by atoms with Crippen LogP contribution in [0.15, 0.2) is 6.07 Å². The van der Waals surface area contributed by atoms with E-state index in [9.17, 15) is 5.11 Å². The topological polar surface area (TPSA) is 48.4 Å². The second-order valence-corrected chi connectivity index (χ2v) is 5.90. The third-order valence-corrected chi connectivity index (χ3v) is 4.34. The van der Waals surface area contributed by atoms with Crippen LogP contribution in [-0.2, 0) is 0 Å². The molecule has 1 heterocycles. The third-order valence-electron chi connectivity index (χ3n) is 3.78. The van der Waals surface area contributed by atoms with Crippen LogP contribution in [0.25, 0.3) is 0 Å². The van der Waals surface area contributed by atoms with Crippen LogP contribution in [0.3, 0.4) is 0 Å². The Hall–Kier alpha value is -0.710. The second kappa shape index (κ2) is 7.34. The first-order valence-corrected chi connectivity index (χ1v) is 7.84. The van der Waals surface area contributed by atoms with Crippen LogP contribution in [0.1, 0.15) is 32.1 Å². The van der Waals surface area contributed by atoms with Crippen molar-refractivity contribution in [1.82, 2.24) is 4.98 Å². The lowest BCUT2D eigenvalue weighted by Gasteiger charge is -2.35. The molecule has 0 saturated heterocycles. The zero-order valence-corrected chi connectivity index (χ0v) is 13.2. The molecule has 1 aromatic heterocycles. The van der Waals surface area contributed by atoms with Crippen molar-refractivity contribution in [3.8, 4) is 0 Å². The largest absolute Gasteiger partial charge is 0.395 e. The average molecular weight is 318 g/mol. The smallest absolute Gasteiger partial charge is 0.150 e. The first-order chi connectivity index (χ1) is 9.67. The van der Waals surface area contributed by atoms with E-state index in [1.807, 2.05) is 0 Å². The molecule has 1 aliphatic carbocycles. The summed E-state index contributed by atoms with van der Waals surface area (Å²) in [6.45, 7) is 0.633. The number of nitrogens with one attached hydrogen (secondary N) is 1. The van der Waals surface area contributed by atoms with Gasteiger partial charge in [-0.15, -0.1) is 0 Å². The van der Waals surface area contributed by atoms with Crippen LogP contribution in [0.2, 0.25) is 10.0 Å². The quantitative estimate of drug-likeness (QED) is 0.871. The molecule has 2 N–H and O–H groups in total. The molecule has 0 radical (unpaired) electrons. The third kappa shape index (κ3) is 3.48. The fraction of sp³-hybridized carbons (Fsp3) is 0.643. The Bertz CT molecular complexity index is 450. The maximum atomic E-state index is 9.35. The molecule has 0 atom stereocenters. The molecule has 0 bridgehead atoms. The summed E-state index contributed by atoms with van der Waals surface area (Å²) in [5.41, 5.74) is 0. The van der Waals surface area contributed by atoms with Crippen LogP contribution in [-0.4, -0.2) is 36.3 Å². The van der Waals surface area contributed by atoms with Crippen LogP contribution in [0.5, 0.6) is 0 Å². The number of hydrogen-bond acceptors (Lipinski definition) is 4. The summed E-state index contributed by atoms with van der Waals surface area (Å²) in [6.07, 6.45) is 5.96. The molecular weight excluding hydrogens is 297 g/mol. The van der Waals surface area contributed by atoms with Gasteiger partial charge in [0.1, 0.15) is 11.6 Å². The van der Waals surface area contributed by atoms with Crippen molar-refractivity contribution in [2.45, 2.75) is 38.1 Å². The van der Waals surface area contributed by atoms with Gasteiger partial charge in [0.05, 0.1) is 16.7 Å². The zero-order valence-electron chi connectivity index (χ0n) is 11.7. The van der Waals surface area contributed by atoms with Crippen molar-refractivity contribution in [3.05, 3.63) is 16.1 Å². The summed E-state index contributed by atoms with van der Waals surface area (Å²) in [5.74, 6) is 1.33. The van der Waals surface area contributed by atoms with Gasteiger partial charge < -0.3 is 15.3 Å². The van der Waals surface area contributed by atoms with Gasteiger partial charge in [0.25, 0.3) is 0 Å². The summed E-state index contributed by atoms with van der Waals surface area (Å²) >= 11 is 12.4. The van der Waals surface area contributed by atoms with Gasteiger partial charge in [-0.1, -0.05) is 42.5 Å². The molecule has 0 spiro atoms. The van der Waals surface area contributed by atoms with Crippen molar-refractivity contribution in [2.24, 2.45) is 0 Å². The van der Waals surface area contributed by atoms with Gasteiger partial charge in [0.15, 0.2) is 0 Å². The van der Waals surface area contributed by atoms with Gasteiger partial charge >= 0.3 is 0 Å². The fourth-order valence-electron chi connectivity index (χ4n) is 2.80. The van der Waals surface area contributed by atoms with Crippen molar-refractivity contribution in [3.63, 3.8) is 0 Å². The number of anilines is 2. The second-order valence-electron chi connectivity index (χ2n) is 5.08. The van der Waals surface area contributed by atoms with E-state index in [-0.39, 0.29) is 6.61 Å². The summed E-state index contributed by atoms with van der Waals surface area (Å²) in [7, 11) is 1.78. The molecule has 112 valence electrons. The molecule has 0 amide bonds. The number of rotatable bonds is 5. The monoisotopic (exact) mass is 317 g/mol. The lowest BCUT2D eigenvalue weighted by atomic mass is 9.94. The molecule has 1 aromatic rings. The molecule has 4 nitrogen and oxygen atoms in total. The standard InChI is InChI=1S/C14H21Cl2N3O/c1-17-13-11(15)9-12(16)14(18-13)19(7-8-20)10-5-3-2-4-6-10/h9-10,20H,2-8H2,1H3,(H,17,18). The molecule has 0 aromatic carbocycles. The minimum absolute atomic E-state index is 0.0893. The highest BCUT2D eigenvalue weighted by molar-refractivity contribution is 6.37. The molecular formula is C14H21Cl2N3O. The number of aliphatic hydroxyl groups excluding tert-OH is 1. The Balaban J connectivity index is 2.32. The molecule has 6 heteroatoms. The number of nitrogens with zero attached hydrogens (tertiary/aromatic N) is 2. The zero-order chi connectivity index (χ0) is 14.5. The predicted octanol–water partition coefficient (Wildman–Crippen LogP) is 3.56. The van der Waals surface area contributed by atoms with Crippen LogP contribution in [0, 0.1) is 0 Å². The lowest BCUT2D eigenvalue weighted by molar-refractivity contribution is 0.289. The highest BCUT2D eigenvalue weighted by Crippen LogP contribution is 2.34. The van der Waals surface area contributed by atoms with Gasteiger partial charge in [0, 0.05) is 19.6 Å². The number of hydrogen-bond donors (Lipinski definition) is 2. The summed E-state index contributed by atoms with van der Waals surface area (Å²) in [5, 5.41) is 13.4. The van der Waals surface area contributed by atoms with E-state index >= 15 is 0 Å². The van der Waals surface area contributed by atoms with E-state index in [1.54, 1.807) is 13.1 Å². The number of aromatic nitrogens is 1.